The molecule has 2 aliphatic rings. The lowest BCUT2D eigenvalue weighted by atomic mass is 9.85. The largest absolute Gasteiger partial charge is 0.342 e. The van der Waals surface area contributed by atoms with Gasteiger partial charge in [0.25, 0.3) is 0 Å². The van der Waals surface area contributed by atoms with E-state index in [4.69, 9.17) is 0 Å². The van der Waals surface area contributed by atoms with Crippen molar-refractivity contribution in [1.82, 2.24) is 9.78 Å². The summed E-state index contributed by atoms with van der Waals surface area (Å²) in [5, 5.41) is 16.7. The van der Waals surface area contributed by atoms with E-state index in [1.165, 1.54) is 18.3 Å². The number of allylic oxidation sites excluding steroid dienone is 2. The van der Waals surface area contributed by atoms with Gasteiger partial charge >= 0.3 is 0 Å². The van der Waals surface area contributed by atoms with Gasteiger partial charge in [0.15, 0.2) is 5.78 Å². The van der Waals surface area contributed by atoms with Gasteiger partial charge in [-0.1, -0.05) is 12.1 Å². The van der Waals surface area contributed by atoms with E-state index < -0.39 is 6.04 Å². The standard InChI is InChI=1S/C17H13FN4O/c18-12-6-4-10(5-7-12)16-15-13(2-1-3-14(15)23)21-17-11(8-19)9-20-22(16)17/h4-7,9,16,21H,1-3H2/t16-/m1/s1. The van der Waals surface area contributed by atoms with Crippen molar-refractivity contribution in [3.8, 4) is 6.07 Å². The number of aromatic nitrogens is 2. The highest BCUT2D eigenvalue weighted by atomic mass is 19.1. The summed E-state index contributed by atoms with van der Waals surface area (Å²) in [6, 6.07) is 7.76. The highest BCUT2D eigenvalue weighted by Gasteiger charge is 2.36. The van der Waals surface area contributed by atoms with Crippen LogP contribution in [0.4, 0.5) is 10.2 Å². The van der Waals surface area contributed by atoms with Gasteiger partial charge in [-0.25, -0.2) is 9.07 Å². The van der Waals surface area contributed by atoms with Crippen molar-refractivity contribution in [2.75, 3.05) is 5.32 Å². The number of nitrogens with zero attached hydrogens (tertiary/aromatic N) is 3. The number of hydrogen-bond acceptors (Lipinski definition) is 4. The van der Waals surface area contributed by atoms with Crippen molar-refractivity contribution in [3.05, 3.63) is 58.7 Å². The Kier molecular flexibility index (Phi) is 3.01. The number of carbonyl (C=O) groups excluding carboxylic acids is 1. The molecule has 5 nitrogen and oxygen atoms in total. The minimum atomic E-state index is -0.420. The quantitative estimate of drug-likeness (QED) is 0.879. The van der Waals surface area contributed by atoms with Crippen LogP contribution >= 0.6 is 0 Å². The molecule has 0 unspecified atom stereocenters. The lowest BCUT2D eigenvalue weighted by Crippen LogP contribution is -2.31. The smallest absolute Gasteiger partial charge is 0.163 e. The van der Waals surface area contributed by atoms with Gasteiger partial charge in [0.05, 0.1) is 6.20 Å². The van der Waals surface area contributed by atoms with Gasteiger partial charge in [-0.05, 0) is 30.5 Å². The maximum atomic E-state index is 13.3. The van der Waals surface area contributed by atoms with E-state index in [1.54, 1.807) is 16.8 Å². The Bertz CT molecular complexity index is 873. The van der Waals surface area contributed by atoms with Gasteiger partial charge in [-0.2, -0.15) is 10.4 Å². The molecule has 2 aromatic rings. The fourth-order valence-electron chi connectivity index (χ4n) is 3.29. The molecule has 23 heavy (non-hydrogen) atoms. The number of hydrogen-bond donors (Lipinski definition) is 1. The van der Waals surface area contributed by atoms with Crippen LogP contribution in [0.1, 0.15) is 36.4 Å². The van der Waals surface area contributed by atoms with Crippen molar-refractivity contribution in [3.63, 3.8) is 0 Å². The second kappa shape index (κ2) is 5.06. The molecule has 114 valence electrons. The van der Waals surface area contributed by atoms with Gasteiger partial charge in [0.2, 0.25) is 0 Å². The van der Waals surface area contributed by atoms with Crippen molar-refractivity contribution >= 4 is 11.6 Å². The van der Waals surface area contributed by atoms with Gasteiger partial charge in [-0.15, -0.1) is 0 Å². The van der Waals surface area contributed by atoms with Crippen molar-refractivity contribution in [1.29, 1.82) is 5.26 Å². The SMILES string of the molecule is N#Cc1cnn2c1NC1=C(C(=O)CCC1)[C@H]2c1ccc(F)cc1. The van der Waals surface area contributed by atoms with Crippen LogP contribution in [-0.4, -0.2) is 15.6 Å². The second-order valence-corrected chi connectivity index (χ2v) is 5.71. The molecule has 0 saturated carbocycles. The average molecular weight is 308 g/mol. The Morgan fingerprint density at radius 3 is 2.83 bits per heavy atom. The van der Waals surface area contributed by atoms with Crippen molar-refractivity contribution in [2.24, 2.45) is 0 Å². The van der Waals surface area contributed by atoms with Crippen LogP contribution in [0.3, 0.4) is 0 Å². The Labute approximate surface area is 132 Å². The number of benzene rings is 1. The molecule has 0 bridgehead atoms. The Hall–Kier alpha value is -2.94. The van der Waals surface area contributed by atoms with Gasteiger partial charge < -0.3 is 5.32 Å². The lowest BCUT2D eigenvalue weighted by molar-refractivity contribution is -0.116. The van der Waals surface area contributed by atoms with E-state index in [0.717, 1.165) is 24.1 Å². The van der Waals surface area contributed by atoms with E-state index >= 15 is 0 Å². The Morgan fingerprint density at radius 2 is 2.09 bits per heavy atom. The van der Waals surface area contributed by atoms with Crippen LogP contribution in [-0.2, 0) is 4.79 Å². The minimum absolute atomic E-state index is 0.0766. The number of fused-ring (bicyclic) bond motifs is 1. The summed E-state index contributed by atoms with van der Waals surface area (Å²) in [5.74, 6) is 0.341. The van der Waals surface area contributed by atoms with E-state index in [0.29, 0.717) is 23.4 Å². The van der Waals surface area contributed by atoms with Gasteiger partial charge in [-0.3, -0.25) is 4.79 Å². The van der Waals surface area contributed by atoms with Crippen LogP contribution in [0, 0.1) is 17.1 Å². The zero-order valence-corrected chi connectivity index (χ0v) is 12.2. The second-order valence-electron chi connectivity index (χ2n) is 5.71. The molecule has 1 aromatic carbocycles. The highest BCUT2D eigenvalue weighted by molar-refractivity contribution is 5.99. The normalized spacial score (nSPS) is 19.7. The molecule has 1 N–H and O–H groups in total. The maximum Gasteiger partial charge on any atom is 0.163 e. The summed E-state index contributed by atoms with van der Waals surface area (Å²) in [4.78, 5) is 12.5. The molecule has 0 spiro atoms. The third kappa shape index (κ3) is 2.05. The number of rotatable bonds is 1. The molecule has 1 atom stereocenters. The topological polar surface area (TPSA) is 70.7 Å². The molecule has 4 rings (SSSR count). The predicted octanol–water partition coefficient (Wildman–Crippen LogP) is 2.92. The first-order chi connectivity index (χ1) is 11.2. The first-order valence-electron chi connectivity index (χ1n) is 7.45. The number of Topliss-reactive ketones (excluding diaryl/α,β-unsaturated/α-hetero) is 1. The Balaban J connectivity index is 1.94. The fourth-order valence-corrected chi connectivity index (χ4v) is 3.29. The first kappa shape index (κ1) is 13.7. The van der Waals surface area contributed by atoms with E-state index in [9.17, 15) is 14.4 Å². The number of ketones is 1. The summed E-state index contributed by atoms with van der Waals surface area (Å²) >= 11 is 0. The molecule has 6 heteroatoms. The zero-order valence-electron chi connectivity index (χ0n) is 12.2. The van der Waals surface area contributed by atoms with Crippen LogP contribution in [0.25, 0.3) is 0 Å². The molecule has 1 aliphatic carbocycles. The summed E-state index contributed by atoms with van der Waals surface area (Å²) in [7, 11) is 0. The molecule has 0 radical (unpaired) electrons. The molecule has 0 saturated heterocycles. The molecule has 1 aliphatic heterocycles. The van der Waals surface area contributed by atoms with Gasteiger partial charge in [0, 0.05) is 17.7 Å². The first-order valence-corrected chi connectivity index (χ1v) is 7.45. The summed E-state index contributed by atoms with van der Waals surface area (Å²) < 4.78 is 14.9. The monoisotopic (exact) mass is 308 g/mol. The third-order valence-corrected chi connectivity index (χ3v) is 4.35. The summed E-state index contributed by atoms with van der Waals surface area (Å²) in [6.07, 6.45) is 3.54. The average Bonchev–Trinajstić information content (AvgIpc) is 2.97. The number of anilines is 1. The summed E-state index contributed by atoms with van der Waals surface area (Å²) in [6.45, 7) is 0. The Morgan fingerprint density at radius 1 is 1.30 bits per heavy atom. The maximum absolute atomic E-state index is 13.3. The number of carbonyl (C=O) groups is 1. The summed E-state index contributed by atoms with van der Waals surface area (Å²) in [5.41, 5.74) is 2.73. The molecule has 0 fully saturated rings. The zero-order chi connectivity index (χ0) is 16.0. The van der Waals surface area contributed by atoms with Crippen molar-refractivity contribution in [2.45, 2.75) is 25.3 Å². The molecule has 2 heterocycles. The molecule has 1 aromatic heterocycles. The third-order valence-electron chi connectivity index (χ3n) is 4.35. The van der Waals surface area contributed by atoms with Crippen LogP contribution < -0.4 is 5.32 Å². The van der Waals surface area contributed by atoms with E-state index in [1.807, 2.05) is 0 Å². The molecular weight excluding hydrogens is 295 g/mol. The lowest BCUT2D eigenvalue weighted by Gasteiger charge is -2.33. The minimum Gasteiger partial charge on any atom is -0.342 e. The van der Waals surface area contributed by atoms with Gasteiger partial charge in [0.1, 0.15) is 29.3 Å². The number of halogens is 1. The van der Waals surface area contributed by atoms with E-state index in [2.05, 4.69) is 16.5 Å². The van der Waals surface area contributed by atoms with Crippen LogP contribution in [0.5, 0.6) is 0 Å². The number of nitriles is 1. The van der Waals surface area contributed by atoms with Crippen molar-refractivity contribution < 1.29 is 9.18 Å². The fraction of sp³-hybridized carbons (Fsp3) is 0.235. The molecular formula is C17H13FN4O. The predicted molar refractivity (Wildman–Crippen MR) is 81.0 cm³/mol. The molecule has 0 amide bonds. The van der Waals surface area contributed by atoms with E-state index in [-0.39, 0.29) is 11.6 Å². The highest BCUT2D eigenvalue weighted by Crippen LogP contribution is 2.41. The van der Waals surface area contributed by atoms with Crippen LogP contribution in [0.15, 0.2) is 41.7 Å². The van der Waals surface area contributed by atoms with Crippen LogP contribution in [0.2, 0.25) is 0 Å². The number of nitrogens with one attached hydrogen (secondary N) is 1.